The van der Waals surface area contributed by atoms with Crippen molar-refractivity contribution in [3.63, 3.8) is 0 Å². The quantitative estimate of drug-likeness (QED) is 0.0921. The minimum Gasteiger partial charge on any atom is -0.496 e. The van der Waals surface area contributed by atoms with Crippen molar-refractivity contribution in [2.75, 3.05) is 13.7 Å². The van der Waals surface area contributed by atoms with Crippen LogP contribution in [0.3, 0.4) is 0 Å². The van der Waals surface area contributed by atoms with Gasteiger partial charge in [0.15, 0.2) is 11.5 Å². The molecular weight excluding hydrogens is 576 g/mol. The Hall–Kier alpha value is -4.63. The summed E-state index contributed by atoms with van der Waals surface area (Å²) in [6, 6.07) is 26.4. The number of rotatable bonds is 11. The number of nitrogens with one attached hydrogen (secondary N) is 1. The Labute approximate surface area is 240 Å². The molecule has 0 heterocycles. The molecule has 0 saturated carbocycles. The molecule has 0 aliphatic heterocycles. The fourth-order valence-electron chi connectivity index (χ4n) is 3.61. The van der Waals surface area contributed by atoms with Gasteiger partial charge >= 0.3 is 5.97 Å². The number of esters is 1. The van der Waals surface area contributed by atoms with Crippen LogP contribution in [0.4, 0.5) is 0 Å². The zero-order chi connectivity index (χ0) is 28.3. The molecule has 4 aromatic rings. The van der Waals surface area contributed by atoms with E-state index in [0.29, 0.717) is 47.2 Å². The summed E-state index contributed by atoms with van der Waals surface area (Å²) in [4.78, 5) is 25.2. The zero-order valence-corrected chi connectivity index (χ0v) is 23.5. The standard InChI is InChI=1S/C31H27BrN2O6/c1-3-38-29-18-22(10-17-28(29)40-31(36)26-6-4-5-7-27(26)37-2)19-33-34-30(35)23-11-15-25(16-12-23)39-20-21-8-13-24(32)14-9-21/h4-19H,3,20H2,1-2H3,(H,34,35). The normalized spacial score (nSPS) is 10.7. The summed E-state index contributed by atoms with van der Waals surface area (Å²) in [6.07, 6.45) is 1.47. The Kier molecular flexibility index (Phi) is 9.90. The predicted molar refractivity (Wildman–Crippen MR) is 156 cm³/mol. The highest BCUT2D eigenvalue weighted by Crippen LogP contribution is 2.30. The summed E-state index contributed by atoms with van der Waals surface area (Å²) in [5, 5.41) is 4.05. The van der Waals surface area contributed by atoms with Crippen LogP contribution >= 0.6 is 15.9 Å². The number of nitrogens with zero attached hydrogens (tertiary/aromatic N) is 1. The molecule has 4 rings (SSSR count). The molecule has 0 aliphatic rings. The third-order valence-corrected chi connectivity index (χ3v) is 6.14. The topological polar surface area (TPSA) is 95.5 Å². The smallest absolute Gasteiger partial charge is 0.347 e. The van der Waals surface area contributed by atoms with E-state index in [0.717, 1.165) is 10.0 Å². The van der Waals surface area contributed by atoms with Gasteiger partial charge in [-0.25, -0.2) is 10.2 Å². The zero-order valence-electron chi connectivity index (χ0n) is 21.9. The average Bonchev–Trinajstić information content (AvgIpc) is 2.98. The highest BCUT2D eigenvalue weighted by molar-refractivity contribution is 9.10. The van der Waals surface area contributed by atoms with Gasteiger partial charge in [0.2, 0.25) is 0 Å². The van der Waals surface area contributed by atoms with Crippen molar-refractivity contribution in [1.29, 1.82) is 0 Å². The lowest BCUT2D eigenvalue weighted by Crippen LogP contribution is -2.17. The second-order valence-corrected chi connectivity index (χ2v) is 9.28. The van der Waals surface area contributed by atoms with Crippen molar-refractivity contribution in [1.82, 2.24) is 5.43 Å². The van der Waals surface area contributed by atoms with Crippen molar-refractivity contribution in [2.24, 2.45) is 5.10 Å². The fourth-order valence-corrected chi connectivity index (χ4v) is 3.87. The van der Waals surface area contributed by atoms with E-state index in [1.807, 2.05) is 31.2 Å². The van der Waals surface area contributed by atoms with Crippen LogP contribution in [0.1, 0.15) is 38.8 Å². The minimum atomic E-state index is -0.572. The summed E-state index contributed by atoms with van der Waals surface area (Å²) >= 11 is 3.41. The lowest BCUT2D eigenvalue weighted by Gasteiger charge is -2.12. The molecular formula is C31H27BrN2O6. The van der Waals surface area contributed by atoms with Crippen molar-refractivity contribution in [3.05, 3.63) is 118 Å². The van der Waals surface area contributed by atoms with Crippen LogP contribution in [0.25, 0.3) is 0 Å². The molecule has 204 valence electrons. The molecule has 0 fully saturated rings. The molecule has 0 bridgehead atoms. The summed E-state index contributed by atoms with van der Waals surface area (Å²) in [5.41, 5.74) is 4.91. The number of halogens is 1. The number of para-hydroxylation sites is 1. The minimum absolute atomic E-state index is 0.251. The van der Waals surface area contributed by atoms with Gasteiger partial charge in [0.05, 0.1) is 19.9 Å². The highest BCUT2D eigenvalue weighted by atomic mass is 79.9. The number of carbonyl (C=O) groups is 2. The number of carbonyl (C=O) groups excluding carboxylic acids is 2. The maximum absolute atomic E-state index is 12.7. The molecule has 0 radical (unpaired) electrons. The van der Waals surface area contributed by atoms with E-state index in [1.165, 1.54) is 13.3 Å². The Morgan fingerprint density at radius 1 is 0.875 bits per heavy atom. The number of benzene rings is 4. The first kappa shape index (κ1) is 28.4. The second-order valence-electron chi connectivity index (χ2n) is 8.37. The van der Waals surface area contributed by atoms with Gasteiger partial charge in [-0.05, 0) is 84.8 Å². The maximum atomic E-state index is 12.7. The SMILES string of the molecule is CCOc1cc(C=NNC(=O)c2ccc(OCc3ccc(Br)cc3)cc2)ccc1OC(=O)c1ccccc1OC. The largest absolute Gasteiger partial charge is 0.496 e. The van der Waals surface area contributed by atoms with E-state index < -0.39 is 5.97 Å². The Balaban J connectivity index is 1.35. The van der Waals surface area contributed by atoms with E-state index in [2.05, 4.69) is 26.5 Å². The molecule has 0 aliphatic carbocycles. The number of methoxy groups -OCH3 is 1. The monoisotopic (exact) mass is 602 g/mol. The van der Waals surface area contributed by atoms with E-state index in [9.17, 15) is 9.59 Å². The molecule has 1 N–H and O–H groups in total. The third-order valence-electron chi connectivity index (χ3n) is 5.61. The van der Waals surface area contributed by atoms with Gasteiger partial charge in [0.25, 0.3) is 5.91 Å². The number of hydrogen-bond donors (Lipinski definition) is 1. The predicted octanol–water partition coefficient (Wildman–Crippen LogP) is 6.42. The average molecular weight is 603 g/mol. The summed E-state index contributed by atoms with van der Waals surface area (Å²) in [5.74, 6) is 0.729. The van der Waals surface area contributed by atoms with Crippen LogP contribution in [0, 0.1) is 0 Å². The molecule has 8 nitrogen and oxygen atoms in total. The molecule has 0 unspecified atom stereocenters. The number of ether oxygens (including phenoxy) is 4. The Bertz CT molecular complexity index is 1490. The Morgan fingerprint density at radius 3 is 2.35 bits per heavy atom. The second kappa shape index (κ2) is 14.0. The number of hydrogen-bond acceptors (Lipinski definition) is 7. The van der Waals surface area contributed by atoms with Gasteiger partial charge in [-0.15, -0.1) is 0 Å². The van der Waals surface area contributed by atoms with Crippen molar-refractivity contribution < 1.29 is 28.5 Å². The first-order valence-electron chi connectivity index (χ1n) is 12.4. The Morgan fingerprint density at radius 2 is 1.62 bits per heavy atom. The third kappa shape index (κ3) is 7.70. The van der Waals surface area contributed by atoms with E-state index >= 15 is 0 Å². The van der Waals surface area contributed by atoms with Crippen LogP contribution in [0.2, 0.25) is 0 Å². The van der Waals surface area contributed by atoms with Crippen molar-refractivity contribution in [2.45, 2.75) is 13.5 Å². The molecule has 0 saturated heterocycles. The van der Waals surface area contributed by atoms with Gasteiger partial charge in [0, 0.05) is 10.0 Å². The molecule has 4 aromatic carbocycles. The first-order chi connectivity index (χ1) is 19.5. The molecule has 0 atom stereocenters. The van der Waals surface area contributed by atoms with Crippen LogP contribution in [0.15, 0.2) is 101 Å². The number of amides is 1. The summed E-state index contributed by atoms with van der Waals surface area (Å²) < 4.78 is 23.3. The van der Waals surface area contributed by atoms with Gasteiger partial charge in [-0.2, -0.15) is 5.10 Å². The lowest BCUT2D eigenvalue weighted by atomic mass is 10.2. The maximum Gasteiger partial charge on any atom is 0.347 e. The number of hydrazone groups is 1. The molecule has 9 heteroatoms. The van der Waals surface area contributed by atoms with E-state index in [1.54, 1.807) is 66.7 Å². The fraction of sp³-hybridized carbons (Fsp3) is 0.129. The molecule has 1 amide bonds. The lowest BCUT2D eigenvalue weighted by molar-refractivity contribution is 0.0724. The molecule has 40 heavy (non-hydrogen) atoms. The van der Waals surface area contributed by atoms with Gasteiger partial charge in [-0.3, -0.25) is 4.79 Å². The molecule has 0 spiro atoms. The van der Waals surface area contributed by atoms with Crippen molar-refractivity contribution >= 4 is 34.0 Å². The highest BCUT2D eigenvalue weighted by Gasteiger charge is 2.17. The van der Waals surface area contributed by atoms with Crippen LogP contribution in [0.5, 0.6) is 23.0 Å². The first-order valence-corrected chi connectivity index (χ1v) is 13.2. The van der Waals surface area contributed by atoms with Crippen LogP contribution in [-0.2, 0) is 6.61 Å². The van der Waals surface area contributed by atoms with Crippen molar-refractivity contribution in [3.8, 4) is 23.0 Å². The van der Waals surface area contributed by atoms with Gasteiger partial charge in [-0.1, -0.05) is 40.2 Å². The summed E-state index contributed by atoms with van der Waals surface area (Å²) in [6.45, 7) is 2.61. The molecule has 0 aromatic heterocycles. The van der Waals surface area contributed by atoms with Gasteiger partial charge < -0.3 is 18.9 Å². The van der Waals surface area contributed by atoms with E-state index in [4.69, 9.17) is 18.9 Å². The van der Waals surface area contributed by atoms with E-state index in [-0.39, 0.29) is 11.7 Å². The van der Waals surface area contributed by atoms with Gasteiger partial charge in [0.1, 0.15) is 23.7 Å². The summed E-state index contributed by atoms with van der Waals surface area (Å²) in [7, 11) is 1.49. The van der Waals surface area contributed by atoms with Crippen LogP contribution in [-0.4, -0.2) is 31.8 Å². The van der Waals surface area contributed by atoms with Crippen LogP contribution < -0.4 is 24.4 Å².